The minimum Gasteiger partial charge on any atom is -0.306 e. The van der Waals surface area contributed by atoms with Crippen molar-refractivity contribution in [1.82, 2.24) is 4.90 Å². The zero-order valence-corrected chi connectivity index (χ0v) is 11.7. The lowest BCUT2D eigenvalue weighted by molar-refractivity contribution is -0.124. The summed E-state index contributed by atoms with van der Waals surface area (Å²) in [6.45, 7) is 4.07. The number of likely N-dealkylation sites (tertiary alicyclic amines) is 1. The van der Waals surface area contributed by atoms with Gasteiger partial charge in [-0.3, -0.25) is 4.79 Å². The molecule has 0 radical (unpaired) electrons. The third-order valence-electron chi connectivity index (χ3n) is 4.12. The lowest BCUT2D eigenvalue weighted by Crippen LogP contribution is -2.33. The molecule has 104 valence electrons. The Morgan fingerprint density at radius 1 is 1.32 bits per heavy atom. The third kappa shape index (κ3) is 3.87. The molecule has 0 bridgehead atoms. The standard InChI is InChI=1S/C16H22FNO/c1-12(13-3-5-15(17)6-4-13)11-16(19)14-7-9-18(2)10-8-14/h3-6,12,14H,7-11H2,1-2H3. The summed E-state index contributed by atoms with van der Waals surface area (Å²) in [5.74, 6) is 0.536. The lowest BCUT2D eigenvalue weighted by Gasteiger charge is -2.28. The molecule has 1 heterocycles. The van der Waals surface area contributed by atoms with Gasteiger partial charge in [0.05, 0.1) is 0 Å². The molecule has 1 aromatic rings. The van der Waals surface area contributed by atoms with E-state index in [1.165, 1.54) is 12.1 Å². The van der Waals surface area contributed by atoms with Gasteiger partial charge in [0.25, 0.3) is 0 Å². The first-order chi connectivity index (χ1) is 9.06. The molecule has 0 aromatic heterocycles. The van der Waals surface area contributed by atoms with Gasteiger partial charge in [0.15, 0.2) is 0 Å². The lowest BCUT2D eigenvalue weighted by atomic mass is 9.86. The fourth-order valence-electron chi connectivity index (χ4n) is 2.71. The summed E-state index contributed by atoms with van der Waals surface area (Å²) in [6.07, 6.45) is 2.52. The van der Waals surface area contributed by atoms with Crippen molar-refractivity contribution in [2.75, 3.05) is 20.1 Å². The minimum absolute atomic E-state index is 0.174. The summed E-state index contributed by atoms with van der Waals surface area (Å²) >= 11 is 0. The van der Waals surface area contributed by atoms with Gasteiger partial charge in [-0.2, -0.15) is 0 Å². The van der Waals surface area contributed by atoms with E-state index >= 15 is 0 Å². The third-order valence-corrected chi connectivity index (χ3v) is 4.12. The van der Waals surface area contributed by atoms with Gasteiger partial charge in [-0.1, -0.05) is 19.1 Å². The van der Waals surface area contributed by atoms with Crippen molar-refractivity contribution >= 4 is 5.78 Å². The normalized spacial score (nSPS) is 19.3. The van der Waals surface area contributed by atoms with Gasteiger partial charge >= 0.3 is 0 Å². The van der Waals surface area contributed by atoms with E-state index in [0.29, 0.717) is 12.2 Å². The highest BCUT2D eigenvalue weighted by Crippen LogP contribution is 2.25. The molecule has 1 aromatic carbocycles. The van der Waals surface area contributed by atoms with Crippen LogP contribution in [0.5, 0.6) is 0 Å². The minimum atomic E-state index is -0.224. The number of ketones is 1. The smallest absolute Gasteiger partial charge is 0.136 e. The molecule has 1 aliphatic heterocycles. The van der Waals surface area contributed by atoms with Crippen LogP contribution in [0.25, 0.3) is 0 Å². The molecule has 1 atom stereocenters. The Morgan fingerprint density at radius 3 is 2.47 bits per heavy atom. The maximum Gasteiger partial charge on any atom is 0.136 e. The van der Waals surface area contributed by atoms with Gasteiger partial charge in [-0.05, 0) is 56.6 Å². The number of hydrogen-bond donors (Lipinski definition) is 0. The maximum atomic E-state index is 12.9. The molecule has 0 N–H and O–H groups in total. The first kappa shape index (κ1) is 14.2. The fraction of sp³-hybridized carbons (Fsp3) is 0.562. The van der Waals surface area contributed by atoms with Crippen molar-refractivity contribution in [3.63, 3.8) is 0 Å². The van der Waals surface area contributed by atoms with Crippen molar-refractivity contribution < 1.29 is 9.18 Å². The molecule has 3 heteroatoms. The molecular formula is C16H22FNO. The van der Waals surface area contributed by atoms with Gasteiger partial charge in [0, 0.05) is 12.3 Å². The Bertz CT molecular complexity index is 421. The monoisotopic (exact) mass is 263 g/mol. The van der Waals surface area contributed by atoms with Crippen LogP contribution in [-0.4, -0.2) is 30.8 Å². The zero-order valence-electron chi connectivity index (χ0n) is 11.7. The zero-order chi connectivity index (χ0) is 13.8. The molecule has 2 nitrogen and oxygen atoms in total. The predicted octanol–water partition coefficient (Wildman–Crippen LogP) is 3.23. The van der Waals surface area contributed by atoms with Crippen LogP contribution in [0.3, 0.4) is 0 Å². The first-order valence-electron chi connectivity index (χ1n) is 7.03. The molecule has 0 amide bonds. The number of carbonyl (C=O) groups excluding carboxylic acids is 1. The largest absolute Gasteiger partial charge is 0.306 e. The summed E-state index contributed by atoms with van der Waals surface area (Å²) in [5.41, 5.74) is 1.04. The number of rotatable bonds is 4. The Hall–Kier alpha value is -1.22. The highest BCUT2D eigenvalue weighted by Gasteiger charge is 2.24. The second kappa shape index (κ2) is 6.29. The van der Waals surface area contributed by atoms with Crippen LogP contribution < -0.4 is 0 Å². The number of halogens is 1. The molecule has 19 heavy (non-hydrogen) atoms. The van der Waals surface area contributed by atoms with E-state index in [4.69, 9.17) is 0 Å². The molecule has 2 rings (SSSR count). The summed E-state index contributed by atoms with van der Waals surface area (Å²) in [5, 5.41) is 0. The van der Waals surface area contributed by atoms with Crippen molar-refractivity contribution in [1.29, 1.82) is 0 Å². The van der Waals surface area contributed by atoms with E-state index in [2.05, 4.69) is 11.9 Å². The molecule has 1 aliphatic rings. The summed E-state index contributed by atoms with van der Waals surface area (Å²) in [6, 6.07) is 6.49. The number of carbonyl (C=O) groups is 1. The average molecular weight is 263 g/mol. The first-order valence-corrected chi connectivity index (χ1v) is 7.03. The van der Waals surface area contributed by atoms with E-state index in [1.54, 1.807) is 12.1 Å². The summed E-state index contributed by atoms with van der Waals surface area (Å²) in [4.78, 5) is 14.5. The van der Waals surface area contributed by atoms with Crippen LogP contribution in [0.2, 0.25) is 0 Å². The Kier molecular flexibility index (Phi) is 4.70. The fourth-order valence-corrected chi connectivity index (χ4v) is 2.71. The number of benzene rings is 1. The van der Waals surface area contributed by atoms with Crippen LogP contribution in [-0.2, 0) is 4.79 Å². The van der Waals surface area contributed by atoms with Crippen molar-refractivity contribution in [2.45, 2.75) is 32.1 Å². The Balaban J connectivity index is 1.89. The van der Waals surface area contributed by atoms with Crippen LogP contribution in [0, 0.1) is 11.7 Å². The van der Waals surface area contributed by atoms with Gasteiger partial charge in [-0.25, -0.2) is 4.39 Å². The molecular weight excluding hydrogens is 241 g/mol. The highest BCUT2D eigenvalue weighted by molar-refractivity contribution is 5.81. The highest BCUT2D eigenvalue weighted by atomic mass is 19.1. The van der Waals surface area contributed by atoms with E-state index in [9.17, 15) is 9.18 Å². The van der Waals surface area contributed by atoms with E-state index in [-0.39, 0.29) is 17.7 Å². The molecule has 1 saturated heterocycles. The summed E-state index contributed by atoms with van der Waals surface area (Å²) in [7, 11) is 2.10. The predicted molar refractivity (Wildman–Crippen MR) is 74.7 cm³/mol. The topological polar surface area (TPSA) is 20.3 Å². The van der Waals surface area contributed by atoms with Crippen LogP contribution in [0.15, 0.2) is 24.3 Å². The van der Waals surface area contributed by atoms with Crippen molar-refractivity contribution in [2.24, 2.45) is 5.92 Å². The van der Waals surface area contributed by atoms with E-state index in [1.807, 2.05) is 6.92 Å². The van der Waals surface area contributed by atoms with Gasteiger partial charge in [0.2, 0.25) is 0 Å². The molecule has 1 unspecified atom stereocenters. The van der Waals surface area contributed by atoms with Gasteiger partial charge in [0.1, 0.15) is 11.6 Å². The SMILES string of the molecule is CC(CC(=O)C1CCN(C)CC1)c1ccc(F)cc1. The maximum absolute atomic E-state index is 12.9. The van der Waals surface area contributed by atoms with Crippen LogP contribution in [0.4, 0.5) is 4.39 Å². The van der Waals surface area contributed by atoms with E-state index in [0.717, 1.165) is 31.5 Å². The average Bonchev–Trinajstić information content (AvgIpc) is 2.40. The quantitative estimate of drug-likeness (QED) is 0.831. The van der Waals surface area contributed by atoms with Gasteiger partial charge < -0.3 is 4.90 Å². The second-order valence-corrected chi connectivity index (χ2v) is 5.70. The number of hydrogen-bond acceptors (Lipinski definition) is 2. The molecule has 1 fully saturated rings. The molecule has 0 spiro atoms. The van der Waals surface area contributed by atoms with Crippen molar-refractivity contribution in [3.05, 3.63) is 35.6 Å². The Morgan fingerprint density at radius 2 is 1.89 bits per heavy atom. The van der Waals surface area contributed by atoms with Crippen LogP contribution in [0.1, 0.15) is 37.7 Å². The van der Waals surface area contributed by atoms with Gasteiger partial charge in [-0.15, -0.1) is 0 Å². The Labute approximate surface area is 114 Å². The molecule has 0 saturated carbocycles. The number of piperidine rings is 1. The summed E-state index contributed by atoms with van der Waals surface area (Å²) < 4.78 is 12.9. The molecule has 0 aliphatic carbocycles. The van der Waals surface area contributed by atoms with E-state index < -0.39 is 0 Å². The second-order valence-electron chi connectivity index (χ2n) is 5.70. The number of nitrogens with zero attached hydrogens (tertiary/aromatic N) is 1. The number of Topliss-reactive ketones (excluding diaryl/α,β-unsaturated/α-hetero) is 1. The van der Waals surface area contributed by atoms with Crippen LogP contribution >= 0.6 is 0 Å². The van der Waals surface area contributed by atoms with Crippen molar-refractivity contribution in [3.8, 4) is 0 Å².